The van der Waals surface area contributed by atoms with Crippen molar-refractivity contribution in [1.29, 1.82) is 0 Å². The van der Waals surface area contributed by atoms with Gasteiger partial charge in [-0.25, -0.2) is 4.98 Å². The standard InChI is InChI=1S/C11H10N2O2S/c14-10-9(5-6-15-10)16-11-12-7-3-1-2-4-8(7)13-11/h1-4,9H,5-6H2,(H,12,13)/t9-/m1/s1. The molecule has 3 rings (SSSR count). The first-order valence-electron chi connectivity index (χ1n) is 5.11. The summed E-state index contributed by atoms with van der Waals surface area (Å²) in [5, 5.41) is 0.672. The molecular formula is C11H10N2O2S. The molecule has 1 aromatic carbocycles. The quantitative estimate of drug-likeness (QED) is 0.807. The summed E-state index contributed by atoms with van der Waals surface area (Å²) in [7, 11) is 0. The van der Waals surface area contributed by atoms with E-state index in [9.17, 15) is 4.79 Å². The summed E-state index contributed by atoms with van der Waals surface area (Å²) >= 11 is 1.44. The number of nitrogens with zero attached hydrogens (tertiary/aromatic N) is 1. The Balaban J connectivity index is 1.86. The topological polar surface area (TPSA) is 55.0 Å². The lowest BCUT2D eigenvalue weighted by Gasteiger charge is -2.00. The molecule has 4 nitrogen and oxygen atoms in total. The lowest BCUT2D eigenvalue weighted by atomic mass is 10.3. The van der Waals surface area contributed by atoms with E-state index in [1.165, 1.54) is 11.8 Å². The van der Waals surface area contributed by atoms with Crippen molar-refractivity contribution in [2.24, 2.45) is 0 Å². The summed E-state index contributed by atoms with van der Waals surface area (Å²) in [4.78, 5) is 18.9. The fourth-order valence-corrected chi connectivity index (χ4v) is 2.67. The van der Waals surface area contributed by atoms with Gasteiger partial charge in [0.25, 0.3) is 0 Å². The molecule has 1 saturated heterocycles. The molecule has 2 heterocycles. The fraction of sp³-hybridized carbons (Fsp3) is 0.273. The molecule has 16 heavy (non-hydrogen) atoms. The van der Waals surface area contributed by atoms with Crippen LogP contribution in [0.15, 0.2) is 29.4 Å². The Kier molecular flexibility index (Phi) is 2.32. The van der Waals surface area contributed by atoms with Gasteiger partial charge in [0, 0.05) is 6.42 Å². The van der Waals surface area contributed by atoms with Crippen LogP contribution in [0.4, 0.5) is 0 Å². The minimum absolute atomic E-state index is 0.111. The molecule has 1 fully saturated rings. The highest BCUT2D eigenvalue weighted by Crippen LogP contribution is 2.28. The van der Waals surface area contributed by atoms with Crippen molar-refractivity contribution >= 4 is 28.8 Å². The van der Waals surface area contributed by atoms with Crippen molar-refractivity contribution < 1.29 is 9.53 Å². The number of aromatic nitrogens is 2. The predicted molar refractivity (Wildman–Crippen MR) is 61.3 cm³/mol. The van der Waals surface area contributed by atoms with Crippen LogP contribution in [-0.4, -0.2) is 27.8 Å². The first-order valence-corrected chi connectivity index (χ1v) is 5.99. The smallest absolute Gasteiger partial charge is 0.319 e. The van der Waals surface area contributed by atoms with Crippen LogP contribution in [0, 0.1) is 0 Å². The number of H-pyrrole nitrogens is 1. The number of hydrogen-bond donors (Lipinski definition) is 1. The average molecular weight is 234 g/mol. The van der Waals surface area contributed by atoms with Gasteiger partial charge in [0.1, 0.15) is 5.25 Å². The molecule has 5 heteroatoms. The molecule has 0 spiro atoms. The second-order valence-corrected chi connectivity index (χ2v) is 4.81. The Bertz CT molecular complexity index is 505. The molecule has 82 valence electrons. The Morgan fingerprint density at radius 1 is 1.44 bits per heavy atom. The molecule has 1 aliphatic heterocycles. The van der Waals surface area contributed by atoms with Crippen molar-refractivity contribution in [3.05, 3.63) is 24.3 Å². The van der Waals surface area contributed by atoms with Crippen LogP contribution in [0.3, 0.4) is 0 Å². The number of rotatable bonds is 2. The molecule has 1 aliphatic rings. The van der Waals surface area contributed by atoms with Crippen molar-refractivity contribution in [1.82, 2.24) is 9.97 Å². The van der Waals surface area contributed by atoms with E-state index in [-0.39, 0.29) is 11.2 Å². The molecule has 1 atom stereocenters. The van der Waals surface area contributed by atoms with Crippen LogP contribution >= 0.6 is 11.8 Å². The van der Waals surface area contributed by atoms with Gasteiger partial charge < -0.3 is 9.72 Å². The molecule has 0 bridgehead atoms. The number of para-hydroxylation sites is 2. The zero-order valence-electron chi connectivity index (χ0n) is 8.47. The van der Waals surface area contributed by atoms with Gasteiger partial charge >= 0.3 is 5.97 Å². The Morgan fingerprint density at radius 3 is 3.06 bits per heavy atom. The van der Waals surface area contributed by atoms with Gasteiger partial charge in [-0.3, -0.25) is 4.79 Å². The normalized spacial score (nSPS) is 20.2. The van der Waals surface area contributed by atoms with Crippen molar-refractivity contribution in [3.63, 3.8) is 0 Å². The van der Waals surface area contributed by atoms with Gasteiger partial charge in [-0.1, -0.05) is 23.9 Å². The number of carbonyl (C=O) groups is 1. The predicted octanol–water partition coefficient (Wildman–Crippen LogP) is 1.97. The maximum atomic E-state index is 11.3. The highest BCUT2D eigenvalue weighted by Gasteiger charge is 2.28. The van der Waals surface area contributed by atoms with E-state index in [0.29, 0.717) is 6.61 Å². The van der Waals surface area contributed by atoms with E-state index in [1.807, 2.05) is 24.3 Å². The molecule has 1 aromatic heterocycles. The zero-order chi connectivity index (χ0) is 11.0. The number of carbonyl (C=O) groups excluding carboxylic acids is 1. The molecule has 0 unspecified atom stereocenters. The number of hydrogen-bond acceptors (Lipinski definition) is 4. The van der Waals surface area contributed by atoms with Crippen LogP contribution in [0.25, 0.3) is 11.0 Å². The summed E-state index contributed by atoms with van der Waals surface area (Å²) in [6.45, 7) is 0.525. The van der Waals surface area contributed by atoms with Gasteiger partial charge in [-0.15, -0.1) is 0 Å². The van der Waals surface area contributed by atoms with Crippen LogP contribution in [0.1, 0.15) is 6.42 Å². The van der Waals surface area contributed by atoms with Crippen LogP contribution in [-0.2, 0) is 9.53 Å². The summed E-state index contributed by atoms with van der Waals surface area (Å²) in [6.07, 6.45) is 0.764. The molecular weight excluding hydrogens is 224 g/mol. The van der Waals surface area contributed by atoms with E-state index in [4.69, 9.17) is 4.74 Å². The molecule has 2 aromatic rings. The maximum absolute atomic E-state index is 11.3. The summed E-state index contributed by atoms with van der Waals surface area (Å²) in [5.41, 5.74) is 1.92. The first-order chi connectivity index (χ1) is 7.83. The minimum Gasteiger partial charge on any atom is -0.465 e. The molecule has 0 saturated carbocycles. The third kappa shape index (κ3) is 1.67. The van der Waals surface area contributed by atoms with E-state index in [0.717, 1.165) is 22.6 Å². The highest BCUT2D eigenvalue weighted by atomic mass is 32.2. The van der Waals surface area contributed by atoms with Crippen molar-refractivity contribution in [3.8, 4) is 0 Å². The van der Waals surface area contributed by atoms with E-state index >= 15 is 0 Å². The van der Waals surface area contributed by atoms with Gasteiger partial charge in [0.15, 0.2) is 5.16 Å². The minimum atomic E-state index is -0.134. The van der Waals surface area contributed by atoms with E-state index in [2.05, 4.69) is 9.97 Å². The lowest BCUT2D eigenvalue weighted by molar-refractivity contribution is -0.137. The van der Waals surface area contributed by atoms with E-state index in [1.54, 1.807) is 0 Å². The SMILES string of the molecule is O=C1OCC[C@H]1Sc1nc2ccccc2[nH]1. The van der Waals surface area contributed by atoms with Crippen molar-refractivity contribution in [2.45, 2.75) is 16.8 Å². The van der Waals surface area contributed by atoms with Crippen LogP contribution in [0.2, 0.25) is 0 Å². The fourth-order valence-electron chi connectivity index (χ4n) is 1.70. The number of imidazole rings is 1. The Labute approximate surface area is 96.4 Å². The number of esters is 1. The van der Waals surface area contributed by atoms with Gasteiger partial charge in [0.2, 0.25) is 0 Å². The van der Waals surface area contributed by atoms with Gasteiger partial charge in [0.05, 0.1) is 17.6 Å². The van der Waals surface area contributed by atoms with Crippen LogP contribution in [0.5, 0.6) is 0 Å². The highest BCUT2D eigenvalue weighted by molar-refractivity contribution is 8.00. The third-order valence-corrected chi connectivity index (χ3v) is 3.64. The maximum Gasteiger partial charge on any atom is 0.319 e. The molecule has 0 aliphatic carbocycles. The van der Waals surface area contributed by atoms with Crippen molar-refractivity contribution in [2.75, 3.05) is 6.61 Å². The van der Waals surface area contributed by atoms with E-state index < -0.39 is 0 Å². The van der Waals surface area contributed by atoms with Crippen LogP contribution < -0.4 is 0 Å². The Hall–Kier alpha value is -1.49. The second kappa shape index (κ2) is 3.83. The monoisotopic (exact) mass is 234 g/mol. The summed E-state index contributed by atoms with van der Waals surface area (Å²) < 4.78 is 4.91. The lowest BCUT2D eigenvalue weighted by Crippen LogP contribution is -2.09. The summed E-state index contributed by atoms with van der Waals surface area (Å²) in [5.74, 6) is -0.134. The number of fused-ring (bicyclic) bond motifs is 1. The molecule has 1 N–H and O–H groups in total. The molecule has 0 radical (unpaired) electrons. The largest absolute Gasteiger partial charge is 0.465 e. The number of ether oxygens (including phenoxy) is 1. The molecule has 0 amide bonds. The number of cyclic esters (lactones) is 1. The Morgan fingerprint density at radius 2 is 2.31 bits per heavy atom. The zero-order valence-corrected chi connectivity index (χ0v) is 9.29. The first kappa shape index (κ1) is 9.72. The van der Waals surface area contributed by atoms with Gasteiger partial charge in [-0.05, 0) is 12.1 Å². The summed E-state index contributed by atoms with van der Waals surface area (Å²) in [6, 6.07) is 7.82. The second-order valence-electron chi connectivity index (χ2n) is 3.62. The number of thioether (sulfide) groups is 1. The van der Waals surface area contributed by atoms with Gasteiger partial charge in [-0.2, -0.15) is 0 Å². The third-order valence-electron chi connectivity index (χ3n) is 2.51. The number of aromatic amines is 1. The number of nitrogens with one attached hydrogen (secondary N) is 1. The average Bonchev–Trinajstić information content (AvgIpc) is 2.85. The number of benzene rings is 1.